The number of benzene rings is 2. The van der Waals surface area contributed by atoms with Crippen molar-refractivity contribution in [2.45, 2.75) is 50.2 Å². The maximum absolute atomic E-state index is 6.49. The number of para-hydroxylation sites is 1. The van der Waals surface area contributed by atoms with E-state index in [0.717, 1.165) is 29.2 Å². The minimum atomic E-state index is 0.398. The van der Waals surface area contributed by atoms with E-state index in [4.69, 9.17) is 4.74 Å². The van der Waals surface area contributed by atoms with Crippen LogP contribution in [0.1, 0.15) is 47.6 Å². The second kappa shape index (κ2) is 8.37. The van der Waals surface area contributed by atoms with E-state index in [9.17, 15) is 0 Å². The highest BCUT2D eigenvalue weighted by atomic mass is 32.1. The van der Waals surface area contributed by atoms with Crippen molar-refractivity contribution in [1.29, 1.82) is 0 Å². The summed E-state index contributed by atoms with van der Waals surface area (Å²) in [4.78, 5) is 8.62. The molecule has 3 unspecified atom stereocenters. The lowest BCUT2D eigenvalue weighted by Gasteiger charge is -2.43. The lowest BCUT2D eigenvalue weighted by molar-refractivity contribution is 0.0898. The van der Waals surface area contributed by atoms with Crippen LogP contribution < -0.4 is 4.74 Å². The summed E-state index contributed by atoms with van der Waals surface area (Å²) in [5, 5.41) is 2.21. The zero-order valence-electron chi connectivity index (χ0n) is 19.1. The van der Waals surface area contributed by atoms with Crippen molar-refractivity contribution in [3.8, 4) is 22.6 Å². The number of hydrogen-bond donors (Lipinski definition) is 0. The van der Waals surface area contributed by atoms with Gasteiger partial charge in [-0.05, 0) is 66.8 Å². The van der Waals surface area contributed by atoms with E-state index >= 15 is 0 Å². The normalized spacial score (nSPS) is 25.4. The highest BCUT2D eigenvalue weighted by Crippen LogP contribution is 2.53. The summed E-state index contributed by atoms with van der Waals surface area (Å²) < 4.78 is 6.49. The molecule has 2 aromatic carbocycles. The molecule has 0 spiro atoms. The Kier molecular flexibility index (Phi) is 5.03. The van der Waals surface area contributed by atoms with Crippen molar-refractivity contribution < 1.29 is 4.74 Å². The Morgan fingerprint density at radius 3 is 2.50 bits per heavy atom. The van der Waals surface area contributed by atoms with Gasteiger partial charge in [-0.1, -0.05) is 42.5 Å². The number of hydrogen-bond acceptors (Lipinski definition) is 4. The number of pyridine rings is 1. The molecule has 2 aromatic heterocycles. The quantitative estimate of drug-likeness (QED) is 0.313. The van der Waals surface area contributed by atoms with Crippen LogP contribution in [0.15, 0.2) is 84.5 Å². The van der Waals surface area contributed by atoms with Gasteiger partial charge in [0.1, 0.15) is 11.5 Å². The Morgan fingerprint density at radius 1 is 0.853 bits per heavy atom. The van der Waals surface area contributed by atoms with Crippen LogP contribution in [0, 0.1) is 5.92 Å². The lowest BCUT2D eigenvalue weighted by Crippen LogP contribution is -2.43. The van der Waals surface area contributed by atoms with Crippen LogP contribution in [0.3, 0.4) is 0 Å². The molecule has 2 fully saturated rings. The molecule has 3 aliphatic rings. The Balaban J connectivity index is 1.23. The molecule has 170 valence electrons. The summed E-state index contributed by atoms with van der Waals surface area (Å²) in [6.07, 6.45) is 8.96. The van der Waals surface area contributed by atoms with E-state index in [0.29, 0.717) is 23.9 Å². The van der Waals surface area contributed by atoms with Gasteiger partial charge in [-0.3, -0.25) is 9.88 Å². The molecule has 3 aliphatic heterocycles. The molecule has 5 heterocycles. The third-order valence-electron chi connectivity index (χ3n) is 8.13. The summed E-state index contributed by atoms with van der Waals surface area (Å²) in [7, 11) is 0. The third kappa shape index (κ3) is 3.48. The first-order valence-electron chi connectivity index (χ1n) is 12.4. The summed E-state index contributed by atoms with van der Waals surface area (Å²) in [5.74, 6) is 3.08. The Bertz CT molecular complexity index is 1290. The largest absolute Gasteiger partial charge is 0.457 e. The van der Waals surface area contributed by atoms with Gasteiger partial charge in [-0.25, -0.2) is 0 Å². The summed E-state index contributed by atoms with van der Waals surface area (Å²) in [6.45, 7) is 1.12. The van der Waals surface area contributed by atoms with E-state index < -0.39 is 0 Å². The zero-order valence-corrected chi connectivity index (χ0v) is 20.0. The van der Waals surface area contributed by atoms with Crippen molar-refractivity contribution in [1.82, 2.24) is 9.88 Å². The van der Waals surface area contributed by atoms with Crippen molar-refractivity contribution >= 4 is 11.3 Å². The third-order valence-corrected chi connectivity index (χ3v) is 8.99. The highest BCUT2D eigenvalue weighted by molar-refractivity contribution is 7.09. The number of fused-ring (bicyclic) bond motifs is 4. The van der Waals surface area contributed by atoms with Crippen LogP contribution in [0.4, 0.5) is 0 Å². The first-order valence-corrected chi connectivity index (χ1v) is 13.3. The number of aromatic nitrogens is 1. The molecular formula is C30H28N2OS. The van der Waals surface area contributed by atoms with Crippen molar-refractivity contribution in [3.63, 3.8) is 0 Å². The van der Waals surface area contributed by atoms with Gasteiger partial charge in [0.25, 0.3) is 0 Å². The van der Waals surface area contributed by atoms with Crippen molar-refractivity contribution in [2.24, 2.45) is 5.92 Å². The predicted octanol–water partition coefficient (Wildman–Crippen LogP) is 7.49. The van der Waals surface area contributed by atoms with Gasteiger partial charge < -0.3 is 4.74 Å². The Labute approximate surface area is 205 Å². The van der Waals surface area contributed by atoms with Gasteiger partial charge in [0.15, 0.2) is 0 Å². The molecule has 0 radical (unpaired) electrons. The molecule has 7 rings (SSSR count). The van der Waals surface area contributed by atoms with E-state index in [1.807, 2.05) is 29.8 Å². The van der Waals surface area contributed by atoms with Gasteiger partial charge >= 0.3 is 0 Å². The number of nitrogens with zero attached hydrogens (tertiary/aromatic N) is 2. The van der Waals surface area contributed by atoms with Crippen molar-refractivity contribution in [3.05, 3.63) is 101 Å². The second-order valence-electron chi connectivity index (χ2n) is 9.98. The van der Waals surface area contributed by atoms with Gasteiger partial charge in [0, 0.05) is 58.5 Å². The molecule has 3 nitrogen and oxygen atoms in total. The smallest absolute Gasteiger partial charge is 0.131 e. The average molecular weight is 465 g/mol. The zero-order chi connectivity index (χ0) is 22.5. The van der Waals surface area contributed by atoms with E-state index in [1.165, 1.54) is 41.7 Å². The second-order valence-corrected chi connectivity index (χ2v) is 11.0. The number of piperidine rings is 1. The molecule has 0 amide bonds. The molecule has 34 heavy (non-hydrogen) atoms. The van der Waals surface area contributed by atoms with Gasteiger partial charge in [-0.15, -0.1) is 11.3 Å². The topological polar surface area (TPSA) is 25.4 Å². The number of ether oxygens (including phenoxy) is 1. The summed E-state index contributed by atoms with van der Waals surface area (Å²) in [5.41, 5.74) is 5.00. The molecule has 4 heteroatoms. The SMILES string of the molecule is c1cncc(-c2ccc3c(c2)Oc2ccccc2C3C2CC3CCC(C2)N3Cc2cccs2)c1. The summed E-state index contributed by atoms with van der Waals surface area (Å²) >= 11 is 1.90. The predicted molar refractivity (Wildman–Crippen MR) is 137 cm³/mol. The molecule has 2 bridgehead atoms. The van der Waals surface area contributed by atoms with Crippen LogP contribution in [-0.2, 0) is 6.54 Å². The van der Waals surface area contributed by atoms with Gasteiger partial charge in [0.2, 0.25) is 0 Å². The molecule has 0 saturated carbocycles. The molecule has 4 aromatic rings. The fourth-order valence-electron chi connectivity index (χ4n) is 6.65. The van der Waals surface area contributed by atoms with Crippen LogP contribution >= 0.6 is 11.3 Å². The van der Waals surface area contributed by atoms with E-state index in [-0.39, 0.29) is 0 Å². The maximum Gasteiger partial charge on any atom is 0.131 e. The Hall–Kier alpha value is -2.95. The molecule has 3 atom stereocenters. The van der Waals surface area contributed by atoms with Crippen LogP contribution in [-0.4, -0.2) is 22.0 Å². The first kappa shape index (κ1) is 20.4. The molecular weight excluding hydrogens is 436 g/mol. The summed E-state index contributed by atoms with van der Waals surface area (Å²) in [6, 6.07) is 25.5. The average Bonchev–Trinajstić information content (AvgIpc) is 3.47. The number of rotatable bonds is 4. The van der Waals surface area contributed by atoms with Crippen LogP contribution in [0.25, 0.3) is 11.1 Å². The highest BCUT2D eigenvalue weighted by Gasteiger charge is 2.45. The van der Waals surface area contributed by atoms with Gasteiger partial charge in [0.05, 0.1) is 0 Å². The fraction of sp³-hybridized carbons (Fsp3) is 0.300. The fourth-order valence-corrected chi connectivity index (χ4v) is 7.36. The van der Waals surface area contributed by atoms with E-state index in [2.05, 4.69) is 75.9 Å². The number of thiophene rings is 1. The molecule has 0 aliphatic carbocycles. The molecule has 0 N–H and O–H groups in total. The monoisotopic (exact) mass is 464 g/mol. The minimum absolute atomic E-state index is 0.398. The lowest BCUT2D eigenvalue weighted by atomic mass is 9.72. The minimum Gasteiger partial charge on any atom is -0.457 e. The van der Waals surface area contributed by atoms with E-state index in [1.54, 1.807) is 0 Å². The Morgan fingerprint density at radius 2 is 1.71 bits per heavy atom. The van der Waals surface area contributed by atoms with Crippen LogP contribution in [0.5, 0.6) is 11.5 Å². The van der Waals surface area contributed by atoms with Gasteiger partial charge in [-0.2, -0.15) is 0 Å². The standard InChI is InChI=1S/C30H28N2OS/c1-2-8-28-26(7-1)30(27-12-9-20(17-29(27)33-28)21-5-3-13-31-18-21)22-15-23-10-11-24(16-22)32(23)19-25-6-4-14-34-25/h1-9,12-14,17-18,22-24,30H,10-11,15-16,19H2. The first-order chi connectivity index (χ1) is 16.8. The molecule has 2 saturated heterocycles. The maximum atomic E-state index is 6.49. The van der Waals surface area contributed by atoms with Crippen LogP contribution in [0.2, 0.25) is 0 Å². The van der Waals surface area contributed by atoms with Crippen molar-refractivity contribution in [2.75, 3.05) is 0 Å².